The summed E-state index contributed by atoms with van der Waals surface area (Å²) in [6.07, 6.45) is 6.70. The quantitative estimate of drug-likeness (QED) is 0.281. The van der Waals surface area contributed by atoms with Crippen LogP contribution < -0.4 is 0 Å². The topological polar surface area (TPSA) is 26.5 Å². The first kappa shape index (κ1) is 24.8. The van der Waals surface area contributed by atoms with Crippen LogP contribution in [0.2, 0.25) is 0 Å². The van der Waals surface area contributed by atoms with Crippen LogP contribution in [0.3, 0.4) is 0 Å². The molecule has 0 fully saturated rings. The van der Waals surface area contributed by atoms with Crippen molar-refractivity contribution in [3.8, 4) is 0 Å². The zero-order valence-electron chi connectivity index (χ0n) is 11.9. The SMILES string of the molecule is CCCC(C)CC(C)CCC[N-]CC[N]=[W].[W].[W]. The van der Waals surface area contributed by atoms with Crippen LogP contribution in [0.4, 0.5) is 0 Å². The molecule has 0 saturated heterocycles. The average molecular weight is 763 g/mol. The van der Waals surface area contributed by atoms with Crippen LogP contribution in [0.1, 0.15) is 52.9 Å². The molecule has 0 saturated carbocycles. The Kier molecular flexibility index (Phi) is 26.0. The van der Waals surface area contributed by atoms with E-state index in [9.17, 15) is 0 Å². The van der Waals surface area contributed by atoms with E-state index in [1.54, 1.807) is 0 Å². The Morgan fingerprint density at radius 1 is 1.06 bits per heavy atom. The van der Waals surface area contributed by atoms with Gasteiger partial charge in [-0.1, -0.05) is 6.92 Å². The van der Waals surface area contributed by atoms with Crippen molar-refractivity contribution in [2.45, 2.75) is 52.9 Å². The van der Waals surface area contributed by atoms with Crippen molar-refractivity contribution in [1.29, 1.82) is 0 Å². The van der Waals surface area contributed by atoms with Gasteiger partial charge in [0.15, 0.2) is 0 Å². The number of nitrogens with zero attached hydrogens (tertiary/aromatic N) is 2. The van der Waals surface area contributed by atoms with Crippen molar-refractivity contribution < 1.29 is 61.8 Å². The molecule has 0 radical (unpaired) electrons. The monoisotopic (exact) mass is 763 g/mol. The van der Waals surface area contributed by atoms with E-state index in [1.165, 1.54) is 51.7 Å². The first-order valence-electron chi connectivity index (χ1n) is 6.63. The van der Waals surface area contributed by atoms with Crippen molar-refractivity contribution in [3.63, 3.8) is 0 Å². The fourth-order valence-electron chi connectivity index (χ4n) is 2.19. The van der Waals surface area contributed by atoms with Gasteiger partial charge >= 0.3 is 106 Å². The molecule has 18 heavy (non-hydrogen) atoms. The van der Waals surface area contributed by atoms with Crippen LogP contribution in [-0.4, -0.2) is 19.6 Å². The van der Waals surface area contributed by atoms with Gasteiger partial charge in [0.05, 0.1) is 0 Å². The molecule has 0 spiro atoms. The van der Waals surface area contributed by atoms with E-state index in [0.29, 0.717) is 0 Å². The minimum absolute atomic E-state index is 0. The molecule has 0 N–H and O–H groups in total. The van der Waals surface area contributed by atoms with Gasteiger partial charge in [-0.15, -0.1) is 0 Å². The molecule has 0 rings (SSSR count). The van der Waals surface area contributed by atoms with Gasteiger partial charge < -0.3 is 0 Å². The summed E-state index contributed by atoms with van der Waals surface area (Å²) in [5.41, 5.74) is 0. The van der Waals surface area contributed by atoms with Gasteiger partial charge in [0.1, 0.15) is 0 Å². The Morgan fingerprint density at radius 3 is 2.22 bits per heavy atom. The predicted octanol–water partition coefficient (Wildman–Crippen LogP) is 4.33. The summed E-state index contributed by atoms with van der Waals surface area (Å²) in [5.74, 6) is 1.77. The molecule has 0 aliphatic rings. The van der Waals surface area contributed by atoms with Crippen molar-refractivity contribution >= 4 is 0 Å². The summed E-state index contributed by atoms with van der Waals surface area (Å²) in [7, 11) is 0. The molecule has 0 aliphatic heterocycles. The van der Waals surface area contributed by atoms with Crippen molar-refractivity contribution in [1.82, 2.24) is 0 Å². The van der Waals surface area contributed by atoms with Gasteiger partial charge in [-0.2, -0.15) is 0 Å². The van der Waals surface area contributed by atoms with Gasteiger partial charge in [0.25, 0.3) is 0 Å². The van der Waals surface area contributed by atoms with E-state index in [4.69, 9.17) is 0 Å². The zero-order valence-corrected chi connectivity index (χ0v) is 20.7. The molecule has 0 bridgehead atoms. The summed E-state index contributed by atoms with van der Waals surface area (Å²) in [6.45, 7) is 9.95. The predicted molar refractivity (Wildman–Crippen MR) is 67.5 cm³/mol. The van der Waals surface area contributed by atoms with E-state index in [2.05, 4.69) is 29.6 Å². The van der Waals surface area contributed by atoms with E-state index in [0.717, 1.165) is 31.5 Å². The zero-order chi connectivity index (χ0) is 12.2. The molecule has 0 aromatic rings. The third kappa shape index (κ3) is 17.8. The Labute approximate surface area is 154 Å². The summed E-state index contributed by atoms with van der Waals surface area (Å²) in [4.78, 5) is 0. The standard InChI is InChI=1S/C13H27N2.3W/c1-4-6-12(2)11-13(3)7-5-9-15-10-8-14;;;/h12-13H,4-11H2,1-3H3;;;/q-1;;;. The minimum atomic E-state index is 0. The summed E-state index contributed by atoms with van der Waals surface area (Å²) in [5, 5.41) is 4.47. The molecular formula is C13H27N2W3-. The minimum Gasteiger partial charge on any atom is 0 e. The third-order valence-electron chi connectivity index (χ3n) is 2.95. The van der Waals surface area contributed by atoms with Gasteiger partial charge in [-0.25, -0.2) is 0 Å². The fourth-order valence-corrected chi connectivity index (χ4v) is 2.48. The Balaban J connectivity index is -0.00000112. The van der Waals surface area contributed by atoms with Crippen LogP contribution in [0.5, 0.6) is 0 Å². The Morgan fingerprint density at radius 2 is 1.67 bits per heavy atom. The van der Waals surface area contributed by atoms with E-state index < -0.39 is 0 Å². The average Bonchev–Trinajstić information content (AvgIpc) is 2.23. The van der Waals surface area contributed by atoms with Crippen molar-refractivity contribution in [3.05, 3.63) is 5.32 Å². The van der Waals surface area contributed by atoms with Crippen LogP contribution in [-0.2, 0) is 61.8 Å². The second-order valence-corrected chi connectivity index (χ2v) is 5.83. The first-order valence-corrected chi connectivity index (χ1v) is 7.94. The second kappa shape index (κ2) is 18.8. The molecule has 2 unspecified atom stereocenters. The Hall–Kier alpha value is 1.82. The number of hydrogen-bond donors (Lipinski definition) is 0. The van der Waals surface area contributed by atoms with E-state index in [-0.39, 0.29) is 42.1 Å². The summed E-state index contributed by atoms with van der Waals surface area (Å²) >= 11 is 1.32. The molecular weight excluding hydrogens is 736 g/mol. The molecule has 0 aromatic heterocycles. The van der Waals surface area contributed by atoms with Crippen LogP contribution in [0.25, 0.3) is 5.32 Å². The van der Waals surface area contributed by atoms with Crippen molar-refractivity contribution in [2.24, 2.45) is 15.3 Å². The molecule has 2 atom stereocenters. The van der Waals surface area contributed by atoms with Crippen molar-refractivity contribution in [2.75, 3.05) is 19.6 Å². The number of rotatable bonds is 11. The third-order valence-corrected chi connectivity index (χ3v) is 3.60. The largest absolute Gasteiger partial charge is 0 e. The normalized spacial score (nSPS) is 13.1. The van der Waals surface area contributed by atoms with Gasteiger partial charge in [-0.05, 0) is 0 Å². The second-order valence-electron chi connectivity index (χ2n) is 4.90. The molecule has 108 valence electrons. The maximum absolute atomic E-state index is 4.47. The molecule has 0 amide bonds. The van der Waals surface area contributed by atoms with Gasteiger partial charge in [-0.3, -0.25) is 0 Å². The molecule has 0 aliphatic carbocycles. The van der Waals surface area contributed by atoms with E-state index >= 15 is 0 Å². The molecule has 0 heterocycles. The maximum Gasteiger partial charge on any atom is 0 e. The molecule has 0 aromatic carbocycles. The van der Waals surface area contributed by atoms with Crippen LogP contribution in [0.15, 0.2) is 3.50 Å². The van der Waals surface area contributed by atoms with Gasteiger partial charge in [0.2, 0.25) is 0 Å². The maximum atomic E-state index is 4.47. The van der Waals surface area contributed by atoms with Crippen LogP contribution >= 0.6 is 0 Å². The Bertz CT molecular complexity index is 168. The first-order chi connectivity index (χ1) is 7.70. The smallest absolute Gasteiger partial charge is 0 e. The molecule has 2 nitrogen and oxygen atoms in total. The van der Waals surface area contributed by atoms with Crippen LogP contribution in [0, 0.1) is 11.8 Å². The summed E-state index contributed by atoms with van der Waals surface area (Å²) < 4.78 is 4.12. The fraction of sp³-hybridized carbons (Fsp3) is 1.00. The van der Waals surface area contributed by atoms with Gasteiger partial charge in [0, 0.05) is 42.1 Å². The molecule has 5 heteroatoms. The van der Waals surface area contributed by atoms with E-state index in [1.807, 2.05) is 0 Å². The number of hydrogen-bond acceptors (Lipinski definition) is 1. The summed E-state index contributed by atoms with van der Waals surface area (Å²) in [6, 6.07) is 0.